The van der Waals surface area contributed by atoms with E-state index in [2.05, 4.69) is 5.32 Å². The van der Waals surface area contributed by atoms with Gasteiger partial charge in [0.05, 0.1) is 12.0 Å². The van der Waals surface area contributed by atoms with Gasteiger partial charge in [-0.15, -0.1) is 0 Å². The van der Waals surface area contributed by atoms with Crippen molar-refractivity contribution in [3.63, 3.8) is 0 Å². The first kappa shape index (κ1) is 15.6. The zero-order valence-corrected chi connectivity index (χ0v) is 13.4. The third-order valence-electron chi connectivity index (χ3n) is 2.41. The molecule has 79 valence electrons. The van der Waals surface area contributed by atoms with Crippen molar-refractivity contribution in [1.29, 1.82) is 0 Å². The van der Waals surface area contributed by atoms with Gasteiger partial charge in [-0.05, 0) is 18.0 Å². The third kappa shape index (κ3) is 2.47. The van der Waals surface area contributed by atoms with E-state index in [4.69, 9.17) is 0 Å². The first-order valence-corrected chi connectivity index (χ1v) is 3.90. The Balaban J connectivity index is 0.000000980. The van der Waals surface area contributed by atoms with Gasteiger partial charge in [0, 0.05) is 53.8 Å². The van der Waals surface area contributed by atoms with Crippen molar-refractivity contribution in [1.82, 2.24) is 0 Å². The molecule has 0 aromatic rings. The molecule has 1 aliphatic heterocycles. The second kappa shape index (κ2) is 5.28. The van der Waals surface area contributed by atoms with E-state index < -0.39 is 23.5 Å². The zero-order valence-electron chi connectivity index (χ0n) is 7.66. The molecule has 2 N–H and O–H groups in total. The number of carbonyl (C=O) groups is 2. The molecule has 0 saturated carbocycles. The van der Waals surface area contributed by atoms with Crippen molar-refractivity contribution < 1.29 is 73.6 Å². The van der Waals surface area contributed by atoms with Crippen LogP contribution in [0.3, 0.4) is 0 Å². The molecule has 1 amide bonds. The average Bonchev–Trinajstić information content (AvgIpc) is 2.05. The molecule has 1 saturated heterocycles. The van der Waals surface area contributed by atoms with Gasteiger partial charge >= 0.3 is 0 Å². The fraction of sp³-hybridized carbons (Fsp3) is 0.500. The van der Waals surface area contributed by atoms with E-state index in [1.54, 1.807) is 0 Å². The van der Waals surface area contributed by atoms with Gasteiger partial charge in [0.2, 0.25) is 0 Å². The predicted octanol–water partition coefficient (Wildman–Crippen LogP) is -1.12. The molecule has 2 rings (SSSR count). The molecule has 0 aromatic heterocycles. The number of rotatable bonds is 0. The number of ketones is 1. The van der Waals surface area contributed by atoms with E-state index in [-0.39, 0.29) is 66.1 Å². The van der Waals surface area contributed by atoms with Crippen LogP contribution < -0.4 is 0 Å². The third-order valence-corrected chi connectivity index (χ3v) is 2.41. The van der Waals surface area contributed by atoms with Gasteiger partial charge in [0.25, 0.3) is 0 Å². The summed E-state index contributed by atoms with van der Waals surface area (Å²) in [6.45, 7) is 0. The zero-order chi connectivity index (χ0) is 9.64. The van der Waals surface area contributed by atoms with Crippen LogP contribution in [-0.2, 0) is 63.4 Å². The topological polar surface area (TPSA) is 88.7 Å². The Morgan fingerprint density at radius 1 is 1.40 bits per heavy atom. The van der Waals surface area contributed by atoms with E-state index >= 15 is 0 Å². The number of amides is 1. The summed E-state index contributed by atoms with van der Waals surface area (Å²) in [7, 11) is 0. The molecule has 1 aliphatic carbocycles. The van der Waals surface area contributed by atoms with E-state index in [1.165, 1.54) is 6.08 Å². The fourth-order valence-corrected chi connectivity index (χ4v) is 1.58. The molecule has 0 bridgehead atoms. The number of aliphatic hydroxyl groups excluding tert-OH is 2. The molecule has 1 unspecified atom stereocenters. The Morgan fingerprint density at radius 2 is 1.93 bits per heavy atom. The van der Waals surface area contributed by atoms with Crippen LogP contribution in [0.5, 0.6) is 0 Å². The number of hydrogen-bond donors (Lipinski definition) is 2. The van der Waals surface area contributed by atoms with Crippen molar-refractivity contribution >= 4 is 11.7 Å². The van der Waals surface area contributed by atoms with Gasteiger partial charge in [-0.1, -0.05) is 6.08 Å². The minimum Gasteiger partial charge on any atom is -0.642 e. The maximum absolute atomic E-state index is 10.9. The van der Waals surface area contributed by atoms with E-state index in [0.29, 0.717) is 0 Å². The molecule has 2 aliphatic rings. The van der Waals surface area contributed by atoms with Crippen molar-refractivity contribution in [3.8, 4) is 0 Å². The number of β-lactam (4-membered cyclic amide) rings is 1. The summed E-state index contributed by atoms with van der Waals surface area (Å²) in [5, 5.41) is 22.3. The number of aliphatic hydroxyl groups is 2. The Kier molecular flexibility index (Phi) is 5.49. The van der Waals surface area contributed by atoms with E-state index in [1.807, 2.05) is 0 Å². The molecular weight excluding hydrogens is 447 g/mol. The van der Waals surface area contributed by atoms with Crippen LogP contribution in [0.4, 0.5) is 0 Å². The van der Waals surface area contributed by atoms with Gasteiger partial charge in [-0.2, -0.15) is 0 Å². The monoisotopic (exact) mass is 455 g/mol. The van der Waals surface area contributed by atoms with E-state index in [9.17, 15) is 19.8 Å². The van der Waals surface area contributed by atoms with Crippen LogP contribution in [0.15, 0.2) is 12.2 Å². The van der Waals surface area contributed by atoms with Crippen LogP contribution in [0.1, 0.15) is 6.42 Å². The van der Waals surface area contributed by atoms with Crippen molar-refractivity contribution in [2.75, 3.05) is 0 Å². The van der Waals surface area contributed by atoms with Crippen LogP contribution in [-0.4, -0.2) is 39.7 Å². The molecule has 1 heterocycles. The largest absolute Gasteiger partial charge is 0.642 e. The second-order valence-corrected chi connectivity index (χ2v) is 3.30. The normalized spacial score (nSPS) is 37.5. The summed E-state index contributed by atoms with van der Waals surface area (Å²) in [6.07, 6.45) is -0.138. The minimum absolute atomic E-state index is 0. The minimum atomic E-state index is -1.46. The summed E-state index contributed by atoms with van der Waals surface area (Å²) in [5.41, 5.74) is -1.04. The van der Waals surface area contributed by atoms with Crippen molar-refractivity contribution in [3.05, 3.63) is 17.5 Å². The average molecular weight is 455 g/mol. The summed E-state index contributed by atoms with van der Waals surface area (Å²) >= 11 is 0. The predicted molar refractivity (Wildman–Crippen MR) is 41.9 cm³/mol. The molecule has 15 heavy (non-hydrogen) atoms. The SMILES string of the molecule is O=C1CC2(C=CC(=O)[C@@H](O)[C@H]2O)[N-]1.[W].[Y]. The molecule has 7 heteroatoms. The Hall–Kier alpha value is 0.592. The smallest absolute Gasteiger partial charge is 0.186 e. The summed E-state index contributed by atoms with van der Waals surface area (Å²) < 4.78 is 0. The summed E-state index contributed by atoms with van der Waals surface area (Å²) in [4.78, 5) is 21.5. The van der Waals surface area contributed by atoms with E-state index in [0.717, 1.165) is 6.08 Å². The molecule has 5 nitrogen and oxygen atoms in total. The van der Waals surface area contributed by atoms with Gasteiger partial charge in [0.1, 0.15) is 6.10 Å². The number of hydrogen-bond acceptors (Lipinski definition) is 4. The Labute approximate surface area is 126 Å². The molecule has 1 spiro atoms. The van der Waals surface area contributed by atoms with Crippen LogP contribution in [0.2, 0.25) is 0 Å². The molecule has 1 fully saturated rings. The number of carbonyl (C=O) groups excluding carboxylic acids is 2. The van der Waals surface area contributed by atoms with Crippen molar-refractivity contribution in [2.24, 2.45) is 0 Å². The summed E-state index contributed by atoms with van der Waals surface area (Å²) in [6, 6.07) is 0. The van der Waals surface area contributed by atoms with Crippen LogP contribution >= 0.6 is 0 Å². The van der Waals surface area contributed by atoms with Crippen LogP contribution in [0.25, 0.3) is 5.32 Å². The number of nitrogens with zero attached hydrogens (tertiary/aromatic N) is 1. The molecule has 0 aromatic carbocycles. The second-order valence-electron chi connectivity index (χ2n) is 3.30. The Bertz CT molecular complexity index is 312. The molecule has 1 radical (unpaired) electrons. The maximum Gasteiger partial charge on any atom is 0.186 e. The maximum atomic E-state index is 10.9. The van der Waals surface area contributed by atoms with Gasteiger partial charge < -0.3 is 20.3 Å². The first-order valence-electron chi connectivity index (χ1n) is 3.90. The standard InChI is InChI=1S/C8H9NO4.W.Y/c10-4-1-2-8(3-5(11)9-8)7(13)6(4)12;;/h1-2,6-7,12-13H,3H2,(H,9,11);;/p-1/t6-,7-,8?;;/m1../s1. The van der Waals surface area contributed by atoms with Gasteiger partial charge in [-0.3, -0.25) is 4.79 Å². The fourth-order valence-electron chi connectivity index (χ4n) is 1.58. The Morgan fingerprint density at radius 3 is 2.40 bits per heavy atom. The molecule has 3 atom stereocenters. The first-order chi connectivity index (χ1) is 6.05. The van der Waals surface area contributed by atoms with Gasteiger partial charge in [-0.25, -0.2) is 0 Å². The van der Waals surface area contributed by atoms with Crippen LogP contribution in [0, 0.1) is 0 Å². The van der Waals surface area contributed by atoms with Gasteiger partial charge in [0.15, 0.2) is 5.78 Å². The molecular formula is C8H8NO4WY-. The van der Waals surface area contributed by atoms with Crippen molar-refractivity contribution in [2.45, 2.75) is 24.2 Å². The quantitative estimate of drug-likeness (QED) is 0.454. The summed E-state index contributed by atoms with van der Waals surface area (Å²) in [5.74, 6) is -0.863.